The number of hydrogen-bond donors (Lipinski definition) is 4. The van der Waals surface area contributed by atoms with Crippen molar-refractivity contribution in [3.8, 4) is 17.6 Å². The number of likely N-dealkylation sites (N-methyl/N-ethyl adjacent to an activating group) is 1. The number of aromatic amines is 1. The Bertz CT molecular complexity index is 3730. The van der Waals surface area contributed by atoms with Crippen LogP contribution in [-0.4, -0.2) is 141 Å². The molecule has 0 saturated carbocycles. The maximum Gasteiger partial charge on any atom is 0.323 e. The molecule has 0 aliphatic carbocycles. The third-order valence-corrected chi connectivity index (χ3v) is 18.5. The smallest absolute Gasteiger partial charge is 0.323 e. The number of nitrogens with zero attached hydrogens (tertiary/aromatic N) is 5. The fourth-order valence-electron chi connectivity index (χ4n) is 11.9. The van der Waals surface area contributed by atoms with E-state index >= 15 is 4.79 Å². The van der Waals surface area contributed by atoms with Gasteiger partial charge >= 0.3 is 13.5 Å². The number of fused-ring (bicyclic) bond motifs is 4. The number of rotatable bonds is 20. The van der Waals surface area contributed by atoms with E-state index in [4.69, 9.17) is 9.26 Å². The number of aryl methyl sites for hydroxylation is 1. The maximum absolute atomic E-state index is 15.2. The average Bonchev–Trinajstić information content (AvgIpc) is 1.94. The standard InChI is InChI=1S/C65H72N9O11P/c1-5-34-84-65(82)42(3)70-86(83,85-49-18-12-10-13-19-49)40-43-22-23-44-24-25-46(37-47(44)36-43)59(76)66-54-39-72(64(81)58-51-35-41(2)21-27-53(51)68-69-58)33-31-48-26-28-56(74(48)62(54)79)63(80)71(4)32-14-9-7-6-8-11-16-45-17-15-20-50-52(45)38-73(61(50)78)55-29-30-57(75)67-60(55)77/h10,12-13,15,17-25,27,35-37,42,48,54-56H,5-9,14,26,28-34,38-40H2,1-4H3,(H,66,76)(H,68,69)(H,70,83)(H,67,75,77)/t42-,48+,54-,55?,56-,86?/m0/s1. The molecule has 0 spiro atoms. The minimum atomic E-state index is -3.82. The first-order chi connectivity index (χ1) is 41.5. The summed E-state index contributed by atoms with van der Waals surface area (Å²) in [5.41, 5.74) is 4.68. The van der Waals surface area contributed by atoms with E-state index in [1.54, 1.807) is 101 Å². The van der Waals surface area contributed by atoms with Crippen LogP contribution in [0.3, 0.4) is 0 Å². The molecule has 0 radical (unpaired) electrons. The number of nitrogens with one attached hydrogen (secondary N) is 4. The molecule has 448 valence electrons. The van der Waals surface area contributed by atoms with Gasteiger partial charge in [-0.1, -0.05) is 91.8 Å². The maximum atomic E-state index is 15.2. The highest BCUT2D eigenvalue weighted by atomic mass is 31.2. The highest BCUT2D eigenvalue weighted by Crippen LogP contribution is 2.47. The number of amides is 7. The first-order valence-corrected chi connectivity index (χ1v) is 31.5. The monoisotopic (exact) mass is 1190 g/mol. The second-order valence-corrected chi connectivity index (χ2v) is 24.9. The van der Waals surface area contributed by atoms with Crippen LogP contribution in [0, 0.1) is 18.8 Å². The van der Waals surface area contributed by atoms with E-state index in [9.17, 15) is 38.1 Å². The van der Waals surface area contributed by atoms with E-state index in [0.717, 1.165) is 47.8 Å². The Hall–Kier alpha value is -8.66. The van der Waals surface area contributed by atoms with Crippen LogP contribution in [0.4, 0.5) is 0 Å². The van der Waals surface area contributed by atoms with Crippen LogP contribution in [-0.2, 0) is 46.0 Å². The molecule has 20 nitrogen and oxygen atoms in total. The topological polar surface area (TPSA) is 250 Å². The third kappa shape index (κ3) is 13.7. The van der Waals surface area contributed by atoms with Crippen molar-refractivity contribution in [1.29, 1.82) is 0 Å². The lowest BCUT2D eigenvalue weighted by atomic mass is 10.0. The summed E-state index contributed by atoms with van der Waals surface area (Å²) < 4.78 is 26.1. The van der Waals surface area contributed by atoms with Crippen LogP contribution >= 0.6 is 7.52 Å². The number of carbonyl (C=O) groups is 8. The number of para-hydroxylation sites is 1. The van der Waals surface area contributed by atoms with E-state index in [-0.39, 0.29) is 80.3 Å². The number of carbonyl (C=O) groups excluding carboxylic acids is 8. The molecule has 1 aromatic heterocycles. The average molecular weight is 1190 g/mol. The summed E-state index contributed by atoms with van der Waals surface area (Å²) in [5.74, 6) is 3.59. The fraction of sp³-hybridized carbons (Fsp3) is 0.400. The predicted molar refractivity (Wildman–Crippen MR) is 323 cm³/mol. The number of aromatic nitrogens is 2. The van der Waals surface area contributed by atoms with E-state index in [1.165, 1.54) is 4.90 Å². The minimum Gasteiger partial charge on any atom is -0.465 e. The van der Waals surface area contributed by atoms with Gasteiger partial charge in [0.2, 0.25) is 23.6 Å². The molecular formula is C65H72N9O11P. The van der Waals surface area contributed by atoms with Crippen molar-refractivity contribution in [2.45, 2.75) is 134 Å². The largest absolute Gasteiger partial charge is 0.465 e. The lowest BCUT2D eigenvalue weighted by molar-refractivity contribution is -0.146. The van der Waals surface area contributed by atoms with Crippen LogP contribution in [0.5, 0.6) is 5.75 Å². The summed E-state index contributed by atoms with van der Waals surface area (Å²) in [6.07, 6.45) is 6.20. The number of unbranched alkanes of at least 4 members (excludes halogenated alkanes) is 4. The van der Waals surface area contributed by atoms with E-state index < -0.39 is 61.3 Å². The van der Waals surface area contributed by atoms with Crippen molar-refractivity contribution in [3.05, 3.63) is 142 Å². The Labute approximate surface area is 499 Å². The van der Waals surface area contributed by atoms with Gasteiger partial charge < -0.3 is 34.2 Å². The third-order valence-electron chi connectivity index (χ3n) is 16.5. The van der Waals surface area contributed by atoms with Crippen LogP contribution in [0.25, 0.3) is 21.7 Å². The number of hydrogen-bond acceptors (Lipinski definition) is 12. The van der Waals surface area contributed by atoms with Crippen LogP contribution < -0.4 is 20.2 Å². The van der Waals surface area contributed by atoms with Gasteiger partial charge in [0.1, 0.15) is 29.9 Å². The molecule has 3 saturated heterocycles. The molecule has 10 rings (SSSR count). The van der Waals surface area contributed by atoms with Gasteiger partial charge in [-0.05, 0) is 129 Å². The Morgan fingerprint density at radius 2 is 1.69 bits per heavy atom. The molecule has 0 bridgehead atoms. The van der Waals surface area contributed by atoms with Gasteiger partial charge in [0, 0.05) is 67.6 Å². The van der Waals surface area contributed by atoms with Gasteiger partial charge in [-0.15, -0.1) is 0 Å². The zero-order valence-electron chi connectivity index (χ0n) is 48.9. The second kappa shape index (κ2) is 26.7. The van der Waals surface area contributed by atoms with Gasteiger partial charge in [0.25, 0.3) is 17.7 Å². The lowest BCUT2D eigenvalue weighted by Gasteiger charge is -2.39. The lowest BCUT2D eigenvalue weighted by Crippen LogP contribution is -2.61. The first kappa shape index (κ1) is 60.5. The quantitative estimate of drug-likeness (QED) is 0.0186. The van der Waals surface area contributed by atoms with Crippen molar-refractivity contribution >= 4 is 76.5 Å². The summed E-state index contributed by atoms with van der Waals surface area (Å²) >= 11 is 0. The molecule has 5 heterocycles. The summed E-state index contributed by atoms with van der Waals surface area (Å²) in [6, 6.07) is 26.2. The van der Waals surface area contributed by atoms with Gasteiger partial charge in [0.05, 0.1) is 24.8 Å². The van der Waals surface area contributed by atoms with E-state index in [2.05, 4.69) is 37.8 Å². The molecule has 6 atom stereocenters. The molecule has 7 amide bonds. The predicted octanol–water partition coefficient (Wildman–Crippen LogP) is 7.95. The SMILES string of the molecule is CCCOC(=O)[C@H](C)NP(=O)(Cc1ccc2ccc(C(=O)N[C@H]3CN(C(=O)c4n[nH]c5ccc(C)cc45)CC[C@H]4CC[C@@H](C(=O)N(C)CCCCCCC#Cc5cccc6c5CN(C5CCC(=O)NC5=O)C6=O)N4C3=O)cc2c1)Oc1ccccc1. The zero-order chi connectivity index (χ0) is 60.6. The van der Waals surface area contributed by atoms with Crippen molar-refractivity contribution < 1.29 is 52.2 Å². The number of piperidine rings is 1. The molecule has 86 heavy (non-hydrogen) atoms. The summed E-state index contributed by atoms with van der Waals surface area (Å²) in [6.45, 7) is 6.36. The molecule has 4 aliphatic heterocycles. The molecular weight excluding hydrogens is 1110 g/mol. The van der Waals surface area contributed by atoms with Crippen molar-refractivity contribution in [2.75, 3.05) is 33.3 Å². The first-order valence-electron chi connectivity index (χ1n) is 29.7. The second-order valence-electron chi connectivity index (χ2n) is 22.8. The van der Waals surface area contributed by atoms with Crippen LogP contribution in [0.2, 0.25) is 0 Å². The van der Waals surface area contributed by atoms with Crippen molar-refractivity contribution in [3.63, 3.8) is 0 Å². The molecule has 4 aliphatic rings. The summed E-state index contributed by atoms with van der Waals surface area (Å²) in [7, 11) is -2.07. The molecule has 2 unspecified atom stereocenters. The van der Waals surface area contributed by atoms with Gasteiger partial charge in [-0.25, -0.2) is 5.09 Å². The highest BCUT2D eigenvalue weighted by Gasteiger charge is 2.47. The van der Waals surface area contributed by atoms with Crippen molar-refractivity contribution in [2.24, 2.45) is 0 Å². The summed E-state index contributed by atoms with van der Waals surface area (Å²) in [5, 5.41) is 17.7. The molecule has 4 N–H and O–H groups in total. The number of H-pyrrole nitrogens is 1. The highest BCUT2D eigenvalue weighted by molar-refractivity contribution is 7.56. The molecule has 3 fully saturated rings. The van der Waals surface area contributed by atoms with Crippen molar-refractivity contribution in [1.82, 2.24) is 45.5 Å². The summed E-state index contributed by atoms with van der Waals surface area (Å²) in [4.78, 5) is 116. The minimum absolute atomic E-state index is 0.116. The number of imide groups is 1. The van der Waals surface area contributed by atoms with Gasteiger partial charge in [-0.2, -0.15) is 5.10 Å². The normalized spacial score (nSPS) is 19.6. The van der Waals surface area contributed by atoms with Crippen LogP contribution in [0.1, 0.15) is 138 Å². The molecule has 6 aromatic rings. The van der Waals surface area contributed by atoms with E-state index in [1.807, 2.05) is 44.2 Å². The number of benzene rings is 5. The Morgan fingerprint density at radius 1 is 0.884 bits per heavy atom. The van der Waals surface area contributed by atoms with E-state index in [0.29, 0.717) is 71.8 Å². The zero-order valence-corrected chi connectivity index (χ0v) is 49.8. The fourth-order valence-corrected chi connectivity index (χ4v) is 14.0. The Balaban J connectivity index is 0.803. The molecule has 21 heteroatoms. The Morgan fingerprint density at radius 3 is 2.49 bits per heavy atom. The van der Waals surface area contributed by atoms with Crippen LogP contribution in [0.15, 0.2) is 103 Å². The van der Waals surface area contributed by atoms with Gasteiger partial charge in [0.15, 0.2) is 5.69 Å². The molecule has 5 aromatic carbocycles. The van der Waals surface area contributed by atoms with Gasteiger partial charge in [-0.3, -0.25) is 53.3 Å². The Kier molecular flexibility index (Phi) is 18.8. The number of ether oxygens (including phenoxy) is 1. The number of esters is 1.